The standard InChI is InChI=1S/C13H17N3O/c1-3-4-13-14-5-6-16(13)12-7-10(2)15-8-11(12)9-17/h5-8,17H,3-4,9H2,1-2H3. The molecule has 0 radical (unpaired) electrons. The molecule has 0 fully saturated rings. The smallest absolute Gasteiger partial charge is 0.113 e. The fourth-order valence-corrected chi connectivity index (χ4v) is 1.88. The predicted octanol–water partition coefficient (Wildman–Crippen LogP) is 2.02. The molecule has 0 saturated heterocycles. The van der Waals surface area contributed by atoms with Crippen LogP contribution in [-0.2, 0) is 13.0 Å². The summed E-state index contributed by atoms with van der Waals surface area (Å²) in [6.45, 7) is 4.07. The average Bonchev–Trinajstić information content (AvgIpc) is 2.77. The summed E-state index contributed by atoms with van der Waals surface area (Å²) >= 11 is 0. The van der Waals surface area contributed by atoms with Crippen LogP contribution in [0.15, 0.2) is 24.7 Å². The summed E-state index contributed by atoms with van der Waals surface area (Å²) in [5.41, 5.74) is 2.74. The quantitative estimate of drug-likeness (QED) is 0.875. The Bertz CT molecular complexity index is 505. The van der Waals surface area contributed by atoms with Crippen LogP contribution in [0.2, 0.25) is 0 Å². The zero-order valence-electron chi connectivity index (χ0n) is 10.2. The van der Waals surface area contributed by atoms with E-state index < -0.39 is 0 Å². The van der Waals surface area contributed by atoms with Crippen LogP contribution in [0.1, 0.15) is 30.4 Å². The van der Waals surface area contributed by atoms with Crippen molar-refractivity contribution in [2.75, 3.05) is 0 Å². The molecule has 4 heteroatoms. The summed E-state index contributed by atoms with van der Waals surface area (Å²) in [6, 6.07) is 1.98. The van der Waals surface area contributed by atoms with Crippen molar-refractivity contribution in [2.24, 2.45) is 0 Å². The van der Waals surface area contributed by atoms with Crippen LogP contribution < -0.4 is 0 Å². The summed E-state index contributed by atoms with van der Waals surface area (Å²) in [6.07, 6.45) is 7.43. The Morgan fingerprint density at radius 1 is 1.35 bits per heavy atom. The maximum Gasteiger partial charge on any atom is 0.113 e. The van der Waals surface area contributed by atoms with Gasteiger partial charge in [-0.2, -0.15) is 0 Å². The second-order valence-corrected chi connectivity index (χ2v) is 4.08. The number of aliphatic hydroxyl groups excluding tert-OH is 1. The number of hydrogen-bond donors (Lipinski definition) is 1. The Morgan fingerprint density at radius 2 is 2.18 bits per heavy atom. The summed E-state index contributed by atoms with van der Waals surface area (Å²) in [7, 11) is 0. The highest BCUT2D eigenvalue weighted by molar-refractivity contribution is 5.41. The van der Waals surface area contributed by atoms with Crippen molar-refractivity contribution < 1.29 is 5.11 Å². The molecule has 1 N–H and O–H groups in total. The first-order chi connectivity index (χ1) is 8.26. The van der Waals surface area contributed by atoms with E-state index in [4.69, 9.17) is 0 Å². The number of imidazole rings is 1. The largest absolute Gasteiger partial charge is 0.392 e. The summed E-state index contributed by atoms with van der Waals surface area (Å²) in [5.74, 6) is 1.02. The molecule has 0 amide bonds. The monoisotopic (exact) mass is 231 g/mol. The third-order valence-electron chi connectivity index (χ3n) is 2.72. The second kappa shape index (κ2) is 5.10. The lowest BCUT2D eigenvalue weighted by molar-refractivity contribution is 0.281. The average molecular weight is 231 g/mol. The molecule has 0 bridgehead atoms. The lowest BCUT2D eigenvalue weighted by Gasteiger charge is -2.11. The fraction of sp³-hybridized carbons (Fsp3) is 0.385. The van der Waals surface area contributed by atoms with Crippen LogP contribution in [0.25, 0.3) is 5.69 Å². The summed E-state index contributed by atoms with van der Waals surface area (Å²) in [5, 5.41) is 9.36. The number of hydrogen-bond acceptors (Lipinski definition) is 3. The van der Waals surface area contributed by atoms with E-state index in [1.807, 2.05) is 23.8 Å². The molecule has 90 valence electrons. The third kappa shape index (κ3) is 2.36. The van der Waals surface area contributed by atoms with Gasteiger partial charge in [-0.3, -0.25) is 4.98 Å². The molecule has 2 heterocycles. The number of nitrogens with zero attached hydrogens (tertiary/aromatic N) is 3. The number of aliphatic hydroxyl groups is 1. The molecule has 0 aromatic carbocycles. The Labute approximate surface area is 101 Å². The molecular formula is C13H17N3O. The SMILES string of the molecule is CCCc1nccn1-c1cc(C)ncc1CO. The van der Waals surface area contributed by atoms with Crippen LogP contribution in [0.3, 0.4) is 0 Å². The lowest BCUT2D eigenvalue weighted by atomic mass is 10.2. The van der Waals surface area contributed by atoms with Crippen molar-refractivity contribution in [1.82, 2.24) is 14.5 Å². The van der Waals surface area contributed by atoms with E-state index in [1.165, 1.54) is 0 Å². The Morgan fingerprint density at radius 3 is 2.88 bits per heavy atom. The van der Waals surface area contributed by atoms with Crippen molar-refractivity contribution in [3.63, 3.8) is 0 Å². The molecule has 17 heavy (non-hydrogen) atoms. The van der Waals surface area contributed by atoms with Crippen molar-refractivity contribution >= 4 is 0 Å². The Balaban J connectivity index is 2.51. The van der Waals surface area contributed by atoms with Crippen LogP contribution in [-0.4, -0.2) is 19.6 Å². The molecule has 0 aliphatic carbocycles. The summed E-state index contributed by atoms with van der Waals surface area (Å²) in [4.78, 5) is 8.55. The minimum absolute atomic E-state index is 0.00758. The molecule has 0 atom stereocenters. The van der Waals surface area contributed by atoms with Gasteiger partial charge in [-0.15, -0.1) is 0 Å². The molecule has 0 unspecified atom stereocenters. The van der Waals surface area contributed by atoms with Gasteiger partial charge in [0.15, 0.2) is 0 Å². The van der Waals surface area contributed by atoms with E-state index in [-0.39, 0.29) is 6.61 Å². The second-order valence-electron chi connectivity index (χ2n) is 4.08. The molecular weight excluding hydrogens is 214 g/mol. The molecule has 0 aliphatic rings. The topological polar surface area (TPSA) is 50.9 Å². The van der Waals surface area contributed by atoms with E-state index in [0.717, 1.165) is 35.6 Å². The van der Waals surface area contributed by atoms with E-state index in [9.17, 15) is 5.11 Å². The molecule has 0 saturated carbocycles. The zero-order chi connectivity index (χ0) is 12.3. The molecule has 0 spiro atoms. The minimum atomic E-state index is -0.00758. The Kier molecular flexibility index (Phi) is 3.54. The predicted molar refractivity (Wildman–Crippen MR) is 66.0 cm³/mol. The van der Waals surface area contributed by atoms with Crippen molar-refractivity contribution in [3.8, 4) is 5.69 Å². The van der Waals surface area contributed by atoms with E-state index >= 15 is 0 Å². The normalized spacial score (nSPS) is 10.8. The third-order valence-corrected chi connectivity index (χ3v) is 2.72. The number of aromatic nitrogens is 3. The number of rotatable bonds is 4. The van der Waals surface area contributed by atoms with Gasteiger partial charge in [0.2, 0.25) is 0 Å². The van der Waals surface area contributed by atoms with E-state index in [2.05, 4.69) is 16.9 Å². The first-order valence-electron chi connectivity index (χ1n) is 5.85. The Hall–Kier alpha value is -1.68. The number of pyridine rings is 1. The fourth-order valence-electron chi connectivity index (χ4n) is 1.88. The first-order valence-corrected chi connectivity index (χ1v) is 5.85. The lowest BCUT2D eigenvalue weighted by Crippen LogP contribution is -2.05. The first kappa shape index (κ1) is 11.8. The molecule has 2 aromatic heterocycles. The van der Waals surface area contributed by atoms with Crippen LogP contribution >= 0.6 is 0 Å². The van der Waals surface area contributed by atoms with Gasteiger partial charge in [0, 0.05) is 36.3 Å². The van der Waals surface area contributed by atoms with Crippen LogP contribution in [0.5, 0.6) is 0 Å². The maximum absolute atomic E-state index is 9.36. The molecule has 2 aromatic rings. The minimum Gasteiger partial charge on any atom is -0.392 e. The highest BCUT2D eigenvalue weighted by atomic mass is 16.3. The summed E-state index contributed by atoms with van der Waals surface area (Å²) < 4.78 is 2.03. The van der Waals surface area contributed by atoms with E-state index in [1.54, 1.807) is 12.4 Å². The van der Waals surface area contributed by atoms with Gasteiger partial charge in [0.05, 0.1) is 12.3 Å². The van der Waals surface area contributed by atoms with Gasteiger partial charge >= 0.3 is 0 Å². The molecule has 4 nitrogen and oxygen atoms in total. The highest BCUT2D eigenvalue weighted by Gasteiger charge is 2.09. The van der Waals surface area contributed by atoms with Gasteiger partial charge in [-0.05, 0) is 19.4 Å². The van der Waals surface area contributed by atoms with Gasteiger partial charge in [0.25, 0.3) is 0 Å². The van der Waals surface area contributed by atoms with Crippen LogP contribution in [0, 0.1) is 6.92 Å². The van der Waals surface area contributed by atoms with Crippen molar-refractivity contribution in [2.45, 2.75) is 33.3 Å². The molecule has 0 aliphatic heterocycles. The van der Waals surface area contributed by atoms with E-state index in [0.29, 0.717) is 0 Å². The van der Waals surface area contributed by atoms with Gasteiger partial charge in [-0.25, -0.2) is 4.98 Å². The van der Waals surface area contributed by atoms with Gasteiger partial charge in [0.1, 0.15) is 5.82 Å². The van der Waals surface area contributed by atoms with Crippen molar-refractivity contribution in [3.05, 3.63) is 41.7 Å². The number of aryl methyl sites for hydroxylation is 2. The maximum atomic E-state index is 9.36. The molecule has 2 rings (SSSR count). The zero-order valence-corrected chi connectivity index (χ0v) is 10.2. The van der Waals surface area contributed by atoms with Crippen molar-refractivity contribution in [1.29, 1.82) is 0 Å². The highest BCUT2D eigenvalue weighted by Crippen LogP contribution is 2.17. The van der Waals surface area contributed by atoms with Crippen LogP contribution in [0.4, 0.5) is 0 Å². The van der Waals surface area contributed by atoms with Gasteiger partial charge in [-0.1, -0.05) is 6.92 Å². The van der Waals surface area contributed by atoms with Gasteiger partial charge < -0.3 is 9.67 Å².